The van der Waals surface area contributed by atoms with Crippen molar-refractivity contribution in [2.24, 2.45) is 5.92 Å². The molecule has 2 aliphatic rings. The van der Waals surface area contributed by atoms with Gasteiger partial charge in [0.15, 0.2) is 0 Å². The smallest absolute Gasteiger partial charge is 0.227 e. The molecule has 7 nitrogen and oxygen atoms in total. The topological polar surface area (TPSA) is 80.1 Å². The zero-order valence-corrected chi connectivity index (χ0v) is 19.5. The summed E-state index contributed by atoms with van der Waals surface area (Å²) in [7, 11) is -3.13. The molecule has 164 valence electrons. The highest BCUT2D eigenvalue weighted by atomic mass is 79.9. The van der Waals surface area contributed by atoms with E-state index in [4.69, 9.17) is 9.15 Å². The van der Waals surface area contributed by atoms with Gasteiger partial charge in [0.2, 0.25) is 21.2 Å². The Morgan fingerprint density at radius 1 is 1.13 bits per heavy atom. The van der Waals surface area contributed by atoms with E-state index in [1.54, 1.807) is 0 Å². The molecular weight excluding hydrogens is 472 g/mol. The summed E-state index contributed by atoms with van der Waals surface area (Å²) in [5, 5.41) is 0. The largest absolute Gasteiger partial charge is 0.486 e. The quantitative estimate of drug-likeness (QED) is 0.609. The summed E-state index contributed by atoms with van der Waals surface area (Å²) in [6.45, 7) is 3.67. The SMILES string of the molecule is Br.CS(=O)(=O)N1CCC(COc2coc(CN3Cc4ccccc4C3)cc2=O)CC1. The van der Waals surface area contributed by atoms with E-state index in [0.29, 0.717) is 32.0 Å². The van der Waals surface area contributed by atoms with Gasteiger partial charge in [0.05, 0.1) is 19.4 Å². The fourth-order valence-electron chi connectivity index (χ4n) is 3.98. The van der Waals surface area contributed by atoms with E-state index in [2.05, 4.69) is 17.0 Å². The first-order valence-electron chi connectivity index (χ1n) is 9.87. The van der Waals surface area contributed by atoms with E-state index in [1.165, 1.54) is 34.0 Å². The van der Waals surface area contributed by atoms with E-state index in [9.17, 15) is 13.2 Å². The molecule has 2 aliphatic heterocycles. The van der Waals surface area contributed by atoms with Crippen molar-refractivity contribution < 1.29 is 17.6 Å². The van der Waals surface area contributed by atoms with Gasteiger partial charge in [-0.3, -0.25) is 9.69 Å². The molecule has 3 heterocycles. The normalized spacial score (nSPS) is 18.0. The lowest BCUT2D eigenvalue weighted by molar-refractivity contribution is 0.180. The van der Waals surface area contributed by atoms with Gasteiger partial charge in [-0.2, -0.15) is 0 Å². The molecule has 0 spiro atoms. The van der Waals surface area contributed by atoms with Crippen molar-refractivity contribution in [3.63, 3.8) is 0 Å². The van der Waals surface area contributed by atoms with Crippen LogP contribution >= 0.6 is 17.0 Å². The van der Waals surface area contributed by atoms with E-state index in [-0.39, 0.29) is 34.1 Å². The van der Waals surface area contributed by atoms with Crippen LogP contribution in [-0.4, -0.2) is 43.6 Å². The summed E-state index contributed by atoms with van der Waals surface area (Å²) in [6.07, 6.45) is 4.09. The van der Waals surface area contributed by atoms with Crippen LogP contribution < -0.4 is 10.2 Å². The minimum Gasteiger partial charge on any atom is -0.486 e. The third kappa shape index (κ3) is 5.51. The Balaban J connectivity index is 0.00000256. The van der Waals surface area contributed by atoms with Gasteiger partial charge in [0.1, 0.15) is 12.0 Å². The molecule has 0 unspecified atom stereocenters. The summed E-state index contributed by atoms with van der Waals surface area (Å²) < 4.78 is 36.0. The molecule has 0 N–H and O–H groups in total. The van der Waals surface area contributed by atoms with Crippen molar-refractivity contribution in [1.82, 2.24) is 9.21 Å². The first-order chi connectivity index (χ1) is 13.9. The molecular formula is C21H27BrN2O5S. The Bertz CT molecular complexity index is 1010. The predicted molar refractivity (Wildman–Crippen MR) is 119 cm³/mol. The summed E-state index contributed by atoms with van der Waals surface area (Å²) in [5.41, 5.74) is 2.45. The molecule has 0 saturated carbocycles. The summed E-state index contributed by atoms with van der Waals surface area (Å²) in [5.74, 6) is 1.07. The molecule has 4 rings (SSSR count). The standard InChI is InChI=1S/C21H26N2O5S.BrH/c1-29(25,26)23-8-6-16(7-9-23)14-28-21-15-27-19(10-20(21)24)13-22-11-17-4-2-3-5-18(17)12-22;/h2-5,10,15-16H,6-9,11-14H2,1H3;1H. The van der Waals surface area contributed by atoms with Crippen molar-refractivity contribution in [2.45, 2.75) is 32.5 Å². The molecule has 1 fully saturated rings. The Labute approximate surface area is 187 Å². The van der Waals surface area contributed by atoms with Crippen molar-refractivity contribution >= 4 is 27.0 Å². The Kier molecular flexibility index (Phi) is 7.38. The van der Waals surface area contributed by atoms with E-state index >= 15 is 0 Å². The molecule has 0 amide bonds. The van der Waals surface area contributed by atoms with Crippen LogP contribution in [-0.2, 0) is 29.7 Å². The summed E-state index contributed by atoms with van der Waals surface area (Å²) >= 11 is 0. The lowest BCUT2D eigenvalue weighted by Crippen LogP contribution is -2.39. The first-order valence-corrected chi connectivity index (χ1v) is 11.7. The van der Waals surface area contributed by atoms with Gasteiger partial charge in [-0.25, -0.2) is 12.7 Å². The van der Waals surface area contributed by atoms with Crippen LogP contribution in [0, 0.1) is 5.92 Å². The minimum absolute atomic E-state index is 0. The molecule has 0 radical (unpaired) electrons. The Morgan fingerprint density at radius 2 is 1.77 bits per heavy atom. The molecule has 30 heavy (non-hydrogen) atoms. The fourth-order valence-corrected chi connectivity index (χ4v) is 4.85. The second-order valence-electron chi connectivity index (χ2n) is 7.91. The zero-order valence-electron chi connectivity index (χ0n) is 17.0. The van der Waals surface area contributed by atoms with Crippen molar-refractivity contribution in [3.05, 3.63) is 63.7 Å². The van der Waals surface area contributed by atoms with E-state index < -0.39 is 10.0 Å². The molecule has 9 heteroatoms. The zero-order chi connectivity index (χ0) is 20.4. The molecule has 1 aromatic carbocycles. The highest BCUT2D eigenvalue weighted by molar-refractivity contribution is 8.93. The fraction of sp³-hybridized carbons (Fsp3) is 0.476. The lowest BCUT2D eigenvalue weighted by Gasteiger charge is -2.29. The summed E-state index contributed by atoms with van der Waals surface area (Å²) in [6, 6.07) is 9.84. The van der Waals surface area contributed by atoms with Crippen LogP contribution in [0.25, 0.3) is 0 Å². The molecule has 2 aromatic rings. The van der Waals surface area contributed by atoms with E-state index in [0.717, 1.165) is 25.9 Å². The molecule has 0 bridgehead atoms. The predicted octanol–water partition coefficient (Wildman–Crippen LogP) is 2.78. The van der Waals surface area contributed by atoms with Gasteiger partial charge in [-0.05, 0) is 29.9 Å². The molecule has 0 atom stereocenters. The third-order valence-corrected chi connectivity index (χ3v) is 6.96. The third-order valence-electron chi connectivity index (χ3n) is 5.66. The minimum atomic E-state index is -3.13. The number of nitrogens with zero attached hydrogens (tertiary/aromatic N) is 2. The van der Waals surface area contributed by atoms with Gasteiger partial charge < -0.3 is 9.15 Å². The second-order valence-corrected chi connectivity index (χ2v) is 9.89. The average Bonchev–Trinajstić information content (AvgIpc) is 3.09. The van der Waals surface area contributed by atoms with Crippen LogP contribution in [0.15, 0.2) is 45.8 Å². The number of halogens is 1. The summed E-state index contributed by atoms with van der Waals surface area (Å²) in [4.78, 5) is 14.6. The second kappa shape index (κ2) is 9.64. The van der Waals surface area contributed by atoms with Gasteiger partial charge in [-0.15, -0.1) is 17.0 Å². The van der Waals surface area contributed by atoms with Crippen LogP contribution in [0.2, 0.25) is 0 Å². The van der Waals surface area contributed by atoms with Crippen LogP contribution in [0.3, 0.4) is 0 Å². The van der Waals surface area contributed by atoms with Crippen molar-refractivity contribution in [1.29, 1.82) is 0 Å². The maximum Gasteiger partial charge on any atom is 0.227 e. The average molecular weight is 499 g/mol. The Morgan fingerprint density at radius 3 is 2.33 bits per heavy atom. The maximum absolute atomic E-state index is 12.4. The molecule has 1 aromatic heterocycles. The number of hydrogen-bond acceptors (Lipinski definition) is 6. The number of benzene rings is 1. The van der Waals surface area contributed by atoms with Crippen LogP contribution in [0.4, 0.5) is 0 Å². The molecule has 0 aliphatic carbocycles. The number of piperidine rings is 1. The van der Waals surface area contributed by atoms with Gasteiger partial charge in [0, 0.05) is 32.2 Å². The lowest BCUT2D eigenvalue weighted by atomic mass is 9.99. The van der Waals surface area contributed by atoms with Crippen LogP contribution in [0.1, 0.15) is 29.7 Å². The van der Waals surface area contributed by atoms with Crippen molar-refractivity contribution in [3.8, 4) is 5.75 Å². The highest BCUT2D eigenvalue weighted by Gasteiger charge is 2.25. The van der Waals surface area contributed by atoms with Gasteiger partial charge in [-0.1, -0.05) is 24.3 Å². The monoisotopic (exact) mass is 498 g/mol. The Hall–Kier alpha value is -1.68. The van der Waals surface area contributed by atoms with Gasteiger partial charge >= 0.3 is 0 Å². The number of fused-ring (bicyclic) bond motifs is 1. The number of hydrogen-bond donors (Lipinski definition) is 0. The first kappa shape index (κ1) is 23.0. The number of rotatable bonds is 6. The number of sulfonamides is 1. The highest BCUT2D eigenvalue weighted by Crippen LogP contribution is 2.24. The van der Waals surface area contributed by atoms with Crippen molar-refractivity contribution in [2.75, 3.05) is 26.0 Å². The van der Waals surface area contributed by atoms with Gasteiger partial charge in [0.25, 0.3) is 0 Å². The van der Waals surface area contributed by atoms with Crippen LogP contribution in [0.5, 0.6) is 5.75 Å². The molecule has 1 saturated heterocycles. The van der Waals surface area contributed by atoms with E-state index in [1.807, 2.05) is 12.1 Å². The maximum atomic E-state index is 12.4. The number of ether oxygens (including phenoxy) is 1.